The Morgan fingerprint density at radius 3 is 1.12 bits per heavy atom. The van der Waals surface area contributed by atoms with Crippen LogP contribution < -0.4 is 16.0 Å². The normalized spacial score (nSPS) is 19.8. The Labute approximate surface area is 625 Å². The molecule has 0 spiro atoms. The largest absolute Gasteiger partial charge is 0.488 e. The molecule has 6 aliphatic heterocycles. The quantitative estimate of drug-likeness (QED) is 0.202. The molecule has 0 aromatic heterocycles. The van der Waals surface area contributed by atoms with Crippen molar-refractivity contribution in [3.05, 3.63) is 79.8 Å². The molecule has 0 aliphatic carbocycles. The molecule has 4 amide bonds. The third-order valence-electron chi connectivity index (χ3n) is 19.5. The van der Waals surface area contributed by atoms with Crippen LogP contribution in [0.5, 0.6) is 0 Å². The Kier molecular flexibility index (Phi) is 34.6. The molecule has 0 saturated heterocycles. The molecule has 14 nitrogen and oxygen atoms in total. The maximum Gasteiger partial charge on any atom is 0.317 e. The lowest BCUT2D eigenvalue weighted by molar-refractivity contribution is -0.132. The number of carbonyl (C=O) groups is 3. The summed E-state index contributed by atoms with van der Waals surface area (Å²) in [5.74, 6) is 1.89. The Balaban J connectivity index is 0.00000119. The van der Waals surface area contributed by atoms with Gasteiger partial charge in [-0.25, -0.2) is 4.79 Å². The summed E-state index contributed by atoms with van der Waals surface area (Å²) < 4.78 is 11.5. The second kappa shape index (κ2) is 36.2. The van der Waals surface area contributed by atoms with Crippen molar-refractivity contribution < 1.29 is 23.9 Å². The summed E-state index contributed by atoms with van der Waals surface area (Å²) in [7, 11) is 12.2. The van der Waals surface area contributed by atoms with Gasteiger partial charge in [0.2, 0.25) is 5.91 Å². The van der Waals surface area contributed by atoms with Crippen LogP contribution in [0.3, 0.4) is 0 Å². The third-order valence-corrected chi connectivity index (χ3v) is 19.5. The molecule has 14 heteroatoms. The van der Waals surface area contributed by atoms with E-state index in [0.29, 0.717) is 37.1 Å². The molecule has 0 fully saturated rings. The van der Waals surface area contributed by atoms with Crippen molar-refractivity contribution in [3.8, 4) is 0 Å². The smallest absolute Gasteiger partial charge is 0.317 e. The number of hydrogen-bond acceptors (Lipinski definition) is 10. The van der Waals surface area contributed by atoms with E-state index in [0.717, 1.165) is 63.2 Å². The third kappa shape index (κ3) is 31.6. The summed E-state index contributed by atoms with van der Waals surface area (Å²) in [5, 5.41) is 9.73. The van der Waals surface area contributed by atoms with Gasteiger partial charge in [0.05, 0.1) is 6.54 Å². The molecule has 6 rings (SSSR count). The second-order valence-corrected chi connectivity index (χ2v) is 42.2. The summed E-state index contributed by atoms with van der Waals surface area (Å²) in [4.78, 5) is 47.9. The predicted octanol–water partition coefficient (Wildman–Crippen LogP) is 19.7. The highest BCUT2D eigenvalue weighted by Crippen LogP contribution is 2.44. The zero-order valence-corrected chi connectivity index (χ0v) is 73.5. The number of likely N-dealkylation sites (N-methyl/N-ethyl adjacent to an activating group) is 6. The van der Waals surface area contributed by atoms with Crippen LogP contribution >= 0.6 is 0 Å². The molecule has 0 bridgehead atoms. The number of amides is 4. The molecule has 0 atom stereocenters. The lowest BCUT2D eigenvalue weighted by Crippen LogP contribution is -2.37. The van der Waals surface area contributed by atoms with Crippen LogP contribution in [-0.2, 0) is 19.1 Å². The number of allylic oxidation sites excluding steroid dienone is 4. The number of nitrogens with one attached hydrogen (secondary N) is 3. The second-order valence-electron chi connectivity index (χ2n) is 42.2. The van der Waals surface area contributed by atoms with E-state index in [1.165, 1.54) is 58.5 Å². The van der Waals surface area contributed by atoms with Crippen molar-refractivity contribution in [2.75, 3.05) is 127 Å². The molecule has 3 N–H and O–H groups in total. The van der Waals surface area contributed by atoms with Gasteiger partial charge in [-0.2, -0.15) is 0 Å². The van der Waals surface area contributed by atoms with E-state index in [4.69, 9.17) is 9.47 Å². The van der Waals surface area contributed by atoms with Gasteiger partial charge in [0.15, 0.2) is 12.5 Å². The number of hydrogen-bond donors (Lipinski definition) is 3. The maximum absolute atomic E-state index is 11.8. The summed E-state index contributed by atoms with van der Waals surface area (Å²) >= 11 is 0. The van der Waals surface area contributed by atoms with Crippen LogP contribution in [0.4, 0.5) is 4.79 Å². The Morgan fingerprint density at radius 1 is 0.337 bits per heavy atom. The first kappa shape index (κ1) is 96.5. The standard InChI is InChI=1S/C15H27NO.C15H29N.2C14H26N2O.C14H28N2.C14H25NO2.CH4/c1-11-16(8)9-12(14(2,3)4)13(10-17-11)15(5,6)7;1-14(2,3)12-9-8-10-16(7)11-13(12)15(4,5)6;1-13(2,3)10-8-16(7)9-11(17)15-12(10)14(4,5)6;1-13(2,3)10-8-15-12(17)16(7)9-11(10)14(4,5)6;1-13(2,3)11-10-16(7)9-8-15-12(11)14(4,5)6;1-13(2,3)10-8-15(7)11(16)9-17-12(10)14(4,5)6;/h1,9-10H2,2-8H3;8-11H2,1-7H3;2*8-9H2,1-7H3,(H,15,17);15H,8-10H2,1-7H3;8-9H2,1-7H3;1H4. The van der Waals surface area contributed by atoms with Gasteiger partial charge >= 0.3 is 6.03 Å². The minimum Gasteiger partial charge on any atom is -0.488 e. The topological polar surface area (TPSA) is 125 Å². The molecule has 101 heavy (non-hydrogen) atoms. The lowest BCUT2D eigenvalue weighted by atomic mass is 9.74. The minimum atomic E-state index is -0.0614. The van der Waals surface area contributed by atoms with E-state index in [1.807, 2.05) is 28.2 Å². The van der Waals surface area contributed by atoms with Gasteiger partial charge in [0.25, 0.3) is 5.91 Å². The highest BCUT2D eigenvalue weighted by molar-refractivity contribution is 5.81. The summed E-state index contributed by atoms with van der Waals surface area (Å²) in [6, 6.07) is 0.0194. The number of nitrogens with zero attached hydrogens (tertiary/aromatic N) is 6. The zero-order valence-electron chi connectivity index (χ0n) is 73.5. The van der Waals surface area contributed by atoms with Crippen molar-refractivity contribution in [3.63, 3.8) is 0 Å². The summed E-state index contributed by atoms with van der Waals surface area (Å²) in [6.45, 7) is 95.6. The number of urea groups is 1. The first-order chi connectivity index (χ1) is 44.4. The van der Waals surface area contributed by atoms with Crippen molar-refractivity contribution >= 4 is 17.8 Å². The van der Waals surface area contributed by atoms with Crippen molar-refractivity contribution in [2.45, 2.75) is 270 Å². The van der Waals surface area contributed by atoms with Crippen LogP contribution in [0.2, 0.25) is 0 Å². The fourth-order valence-corrected chi connectivity index (χ4v) is 13.4. The highest BCUT2D eigenvalue weighted by atomic mass is 16.5. The molecule has 0 aromatic carbocycles. The van der Waals surface area contributed by atoms with Crippen LogP contribution in [0.15, 0.2) is 79.8 Å². The zero-order chi connectivity index (χ0) is 78.8. The van der Waals surface area contributed by atoms with E-state index < -0.39 is 0 Å². The van der Waals surface area contributed by atoms with Crippen molar-refractivity contribution in [2.24, 2.45) is 65.0 Å². The fraction of sp³-hybridized carbons (Fsp3) is 0.805. The monoisotopic (exact) mass is 1420 g/mol. The molecular formula is C87H165N9O5. The molecule has 588 valence electrons. The number of carbonyl (C=O) groups excluding carboxylic acids is 3. The Hall–Kier alpha value is -4.53. The summed E-state index contributed by atoms with van der Waals surface area (Å²) in [6.07, 6.45) is 2.59. The van der Waals surface area contributed by atoms with Gasteiger partial charge in [-0.05, 0) is 135 Å². The first-order valence-electron chi connectivity index (χ1n) is 37.7. The van der Waals surface area contributed by atoms with E-state index >= 15 is 0 Å². The van der Waals surface area contributed by atoms with Crippen molar-refractivity contribution in [1.29, 1.82) is 0 Å². The molecule has 0 radical (unpaired) electrons. The van der Waals surface area contributed by atoms with Gasteiger partial charge < -0.3 is 49.9 Å². The van der Waals surface area contributed by atoms with Crippen LogP contribution in [0.1, 0.15) is 270 Å². The van der Waals surface area contributed by atoms with Gasteiger partial charge in [0, 0.05) is 108 Å². The van der Waals surface area contributed by atoms with Gasteiger partial charge in [-0.15, -0.1) is 0 Å². The van der Waals surface area contributed by atoms with E-state index in [9.17, 15) is 14.4 Å². The molecule has 0 unspecified atom stereocenters. The highest BCUT2D eigenvalue weighted by Gasteiger charge is 2.38. The van der Waals surface area contributed by atoms with Crippen LogP contribution in [0, 0.1) is 65.0 Å². The van der Waals surface area contributed by atoms with Crippen molar-refractivity contribution in [1.82, 2.24) is 45.3 Å². The molecule has 0 saturated carbocycles. The number of rotatable bonds is 0. The van der Waals surface area contributed by atoms with Crippen LogP contribution in [-0.4, -0.2) is 175 Å². The maximum atomic E-state index is 11.8. The van der Waals surface area contributed by atoms with E-state index in [-0.39, 0.29) is 86.0 Å². The predicted molar refractivity (Wildman–Crippen MR) is 438 cm³/mol. The minimum absolute atomic E-state index is 0. The SMILES string of the molecule is C.C=C1OCC(C(C)(C)C)=C(C(C)(C)C)CN1C.CN1CC(=O)NC(C(C)(C)C)=C(C(C)(C)C)C1.CN1CC(C(C)(C)C)=C(C(C)(C)C)CNC1=O.CN1CC(C(C)(C)C)=C(C(C)(C)C)OCC1=O.CN1CCCC(C(C)(C)C)=C(C(C)(C)C)C1.CN1CCNC(C(C)(C)C)=C(C(C)(C)C)C1. The fourth-order valence-electron chi connectivity index (χ4n) is 13.4. The molecule has 6 heterocycles. The van der Waals surface area contributed by atoms with E-state index in [2.05, 4.69) is 305 Å². The van der Waals surface area contributed by atoms with Gasteiger partial charge in [0.1, 0.15) is 12.4 Å². The summed E-state index contributed by atoms with van der Waals surface area (Å²) in [5.41, 5.74) is 17.3. The van der Waals surface area contributed by atoms with Gasteiger partial charge in [-0.1, -0.05) is 268 Å². The lowest BCUT2D eigenvalue weighted by Gasteiger charge is -2.33. The molecule has 6 aliphatic rings. The average molecular weight is 1420 g/mol. The Morgan fingerprint density at radius 2 is 0.703 bits per heavy atom. The van der Waals surface area contributed by atoms with Gasteiger partial charge in [-0.3, -0.25) is 14.5 Å². The Bertz CT molecular complexity index is 2720. The van der Waals surface area contributed by atoms with Crippen LogP contribution in [0.25, 0.3) is 0 Å². The first-order valence-corrected chi connectivity index (χ1v) is 37.7. The van der Waals surface area contributed by atoms with E-state index in [1.54, 1.807) is 26.5 Å². The molecule has 0 aromatic rings. The number of ether oxygens (including phenoxy) is 2. The molecular weight excluding hydrogens is 1250 g/mol. The average Bonchev–Trinajstić information content (AvgIpc) is 1.82.